The fourth-order valence-corrected chi connectivity index (χ4v) is 3.44. The van der Waals surface area contributed by atoms with Crippen LogP contribution in [0.4, 0.5) is 0 Å². The van der Waals surface area contributed by atoms with Crippen molar-refractivity contribution in [2.75, 3.05) is 0 Å². The van der Waals surface area contributed by atoms with E-state index in [1.807, 2.05) is 42.5 Å². The third-order valence-electron chi connectivity index (χ3n) is 4.82. The van der Waals surface area contributed by atoms with Gasteiger partial charge in [-0.25, -0.2) is 0 Å². The third kappa shape index (κ3) is 3.90. The first-order valence-electron chi connectivity index (χ1n) is 8.99. The molecule has 0 N–H and O–H groups in total. The number of hydrogen-bond donors (Lipinski definition) is 0. The highest BCUT2D eigenvalue weighted by atomic mass is 16.5. The van der Waals surface area contributed by atoms with E-state index in [-0.39, 0.29) is 6.61 Å². The largest absolute Gasteiger partial charge is 0.484 e. The molecule has 1 aliphatic carbocycles. The summed E-state index contributed by atoms with van der Waals surface area (Å²) in [4.78, 5) is 4.38. The molecule has 0 spiro atoms. The lowest BCUT2D eigenvalue weighted by atomic mass is 9.84. The highest BCUT2D eigenvalue weighted by molar-refractivity contribution is 5.53. The Morgan fingerprint density at radius 2 is 1.68 bits per heavy atom. The van der Waals surface area contributed by atoms with Crippen LogP contribution in [0, 0.1) is 0 Å². The molecule has 1 heterocycles. The van der Waals surface area contributed by atoms with Crippen LogP contribution >= 0.6 is 0 Å². The van der Waals surface area contributed by atoms with Crippen LogP contribution in [-0.4, -0.2) is 10.1 Å². The number of aromatic nitrogens is 2. The second kappa shape index (κ2) is 7.51. The maximum Gasteiger partial charge on any atom is 0.264 e. The first-order valence-corrected chi connectivity index (χ1v) is 8.99. The number of hydrogen-bond acceptors (Lipinski definition) is 4. The van der Waals surface area contributed by atoms with Crippen molar-refractivity contribution in [3.8, 4) is 17.1 Å². The van der Waals surface area contributed by atoms with Crippen LogP contribution in [0.25, 0.3) is 11.4 Å². The molecule has 0 radical (unpaired) electrons. The normalized spacial score (nSPS) is 15.2. The molecule has 0 bridgehead atoms. The van der Waals surface area contributed by atoms with E-state index in [0.717, 1.165) is 11.3 Å². The van der Waals surface area contributed by atoms with Crippen molar-refractivity contribution in [1.29, 1.82) is 0 Å². The molecule has 4 rings (SSSR count). The Balaban J connectivity index is 1.36. The second-order valence-corrected chi connectivity index (χ2v) is 6.57. The number of nitrogens with zero attached hydrogens (tertiary/aromatic N) is 2. The molecule has 1 fully saturated rings. The summed E-state index contributed by atoms with van der Waals surface area (Å²) < 4.78 is 11.1. The highest BCUT2D eigenvalue weighted by Gasteiger charge is 2.15. The lowest BCUT2D eigenvalue weighted by molar-refractivity contribution is 0.243. The molecule has 0 atom stereocenters. The fourth-order valence-electron chi connectivity index (χ4n) is 3.44. The summed E-state index contributed by atoms with van der Waals surface area (Å²) in [5, 5.41) is 4.01. The van der Waals surface area contributed by atoms with Gasteiger partial charge < -0.3 is 9.26 Å². The maximum absolute atomic E-state index is 5.79. The van der Waals surface area contributed by atoms with Gasteiger partial charge in [0, 0.05) is 5.56 Å². The molecule has 0 aliphatic heterocycles. The van der Waals surface area contributed by atoms with Crippen LogP contribution in [0.5, 0.6) is 5.75 Å². The van der Waals surface area contributed by atoms with Gasteiger partial charge >= 0.3 is 0 Å². The van der Waals surface area contributed by atoms with E-state index < -0.39 is 0 Å². The van der Waals surface area contributed by atoms with Crippen molar-refractivity contribution in [2.24, 2.45) is 0 Å². The first kappa shape index (κ1) is 15.9. The zero-order valence-corrected chi connectivity index (χ0v) is 14.2. The number of ether oxygens (including phenoxy) is 1. The summed E-state index contributed by atoms with van der Waals surface area (Å²) in [7, 11) is 0. The minimum absolute atomic E-state index is 0.280. The van der Waals surface area contributed by atoms with Crippen molar-refractivity contribution in [2.45, 2.75) is 44.6 Å². The molecule has 2 aromatic carbocycles. The van der Waals surface area contributed by atoms with Gasteiger partial charge in [-0.05, 0) is 36.5 Å². The average molecular weight is 334 g/mol. The SMILES string of the molecule is c1ccc(-c2noc(COc3ccc(C4CCCCC4)cc3)n2)cc1. The van der Waals surface area contributed by atoms with Crippen LogP contribution in [0.3, 0.4) is 0 Å². The Morgan fingerprint density at radius 3 is 2.44 bits per heavy atom. The maximum atomic E-state index is 5.79. The molecule has 0 amide bonds. The molecule has 1 aromatic heterocycles. The minimum Gasteiger partial charge on any atom is -0.484 e. The molecule has 1 aliphatic rings. The van der Waals surface area contributed by atoms with E-state index in [9.17, 15) is 0 Å². The Labute approximate surface area is 147 Å². The third-order valence-corrected chi connectivity index (χ3v) is 4.82. The molecular weight excluding hydrogens is 312 g/mol. The Hall–Kier alpha value is -2.62. The van der Waals surface area contributed by atoms with Gasteiger partial charge in [-0.1, -0.05) is 66.9 Å². The number of benzene rings is 2. The minimum atomic E-state index is 0.280. The van der Waals surface area contributed by atoms with Gasteiger partial charge in [-0.2, -0.15) is 4.98 Å². The van der Waals surface area contributed by atoms with Crippen molar-refractivity contribution in [3.63, 3.8) is 0 Å². The lowest BCUT2D eigenvalue weighted by Crippen LogP contribution is -2.04. The fraction of sp³-hybridized carbons (Fsp3) is 0.333. The molecule has 0 unspecified atom stereocenters. The summed E-state index contributed by atoms with van der Waals surface area (Å²) >= 11 is 0. The summed E-state index contributed by atoms with van der Waals surface area (Å²) in [5.41, 5.74) is 2.37. The molecular formula is C21H22N2O2. The van der Waals surface area contributed by atoms with E-state index in [0.29, 0.717) is 17.6 Å². The van der Waals surface area contributed by atoms with Gasteiger partial charge in [0.25, 0.3) is 5.89 Å². The van der Waals surface area contributed by atoms with Crippen molar-refractivity contribution in [1.82, 2.24) is 10.1 Å². The predicted octanol–water partition coefficient (Wildman–Crippen LogP) is 5.36. The second-order valence-electron chi connectivity index (χ2n) is 6.57. The van der Waals surface area contributed by atoms with Crippen molar-refractivity contribution >= 4 is 0 Å². The van der Waals surface area contributed by atoms with Crippen LogP contribution in [-0.2, 0) is 6.61 Å². The average Bonchev–Trinajstić information content (AvgIpc) is 3.17. The van der Waals surface area contributed by atoms with Crippen LogP contribution < -0.4 is 4.74 Å². The Bertz CT molecular complexity index is 790. The topological polar surface area (TPSA) is 48.2 Å². The quantitative estimate of drug-likeness (QED) is 0.630. The molecule has 1 saturated carbocycles. The van der Waals surface area contributed by atoms with Gasteiger partial charge in [0.2, 0.25) is 5.82 Å². The van der Waals surface area contributed by atoms with Crippen LogP contribution in [0.1, 0.15) is 49.5 Å². The summed E-state index contributed by atoms with van der Waals surface area (Å²) in [6, 6.07) is 18.2. The molecule has 25 heavy (non-hydrogen) atoms. The zero-order chi connectivity index (χ0) is 16.9. The van der Waals surface area contributed by atoms with E-state index in [4.69, 9.17) is 9.26 Å². The summed E-state index contributed by atoms with van der Waals surface area (Å²) in [5.74, 6) is 2.62. The van der Waals surface area contributed by atoms with Crippen LogP contribution in [0.2, 0.25) is 0 Å². The summed E-state index contributed by atoms with van der Waals surface area (Å²) in [6.07, 6.45) is 6.70. The zero-order valence-electron chi connectivity index (χ0n) is 14.2. The van der Waals surface area contributed by atoms with E-state index in [1.54, 1.807) is 0 Å². The van der Waals surface area contributed by atoms with Crippen LogP contribution in [0.15, 0.2) is 59.1 Å². The molecule has 0 saturated heterocycles. The van der Waals surface area contributed by atoms with Crippen molar-refractivity contribution in [3.05, 3.63) is 66.1 Å². The monoisotopic (exact) mass is 334 g/mol. The summed E-state index contributed by atoms with van der Waals surface area (Å²) in [6.45, 7) is 0.280. The first-order chi connectivity index (χ1) is 12.4. The standard InChI is InChI=1S/C21H22N2O2/c1-3-7-16(8-4-1)17-11-13-19(14-12-17)24-15-20-22-21(23-25-20)18-9-5-2-6-10-18/h2,5-6,9-14,16H,1,3-4,7-8,15H2. The van der Waals surface area contributed by atoms with E-state index in [2.05, 4.69) is 22.3 Å². The molecule has 4 nitrogen and oxygen atoms in total. The predicted molar refractivity (Wildman–Crippen MR) is 96.3 cm³/mol. The Morgan fingerprint density at radius 1 is 0.920 bits per heavy atom. The van der Waals surface area contributed by atoms with Crippen molar-refractivity contribution < 1.29 is 9.26 Å². The van der Waals surface area contributed by atoms with Gasteiger partial charge in [0.05, 0.1) is 0 Å². The van der Waals surface area contributed by atoms with E-state index in [1.165, 1.54) is 37.7 Å². The van der Waals surface area contributed by atoms with Gasteiger partial charge in [0.1, 0.15) is 5.75 Å². The number of rotatable bonds is 5. The molecule has 128 valence electrons. The van der Waals surface area contributed by atoms with Gasteiger partial charge in [-0.15, -0.1) is 0 Å². The highest BCUT2D eigenvalue weighted by Crippen LogP contribution is 2.33. The van der Waals surface area contributed by atoms with E-state index >= 15 is 0 Å². The van der Waals surface area contributed by atoms with Gasteiger partial charge in [-0.3, -0.25) is 0 Å². The van der Waals surface area contributed by atoms with Gasteiger partial charge in [0.15, 0.2) is 6.61 Å². The molecule has 3 aromatic rings. The molecule has 4 heteroatoms. The lowest BCUT2D eigenvalue weighted by Gasteiger charge is -2.22. The Kier molecular flexibility index (Phi) is 4.77. The smallest absolute Gasteiger partial charge is 0.264 e.